The number of benzene rings is 2. The van der Waals surface area contributed by atoms with E-state index in [9.17, 15) is 19.1 Å². The third-order valence-electron chi connectivity index (χ3n) is 4.77. The number of imidazole rings is 1. The number of rotatable bonds is 9. The van der Waals surface area contributed by atoms with Gasteiger partial charge in [-0.25, -0.2) is 14.0 Å². The van der Waals surface area contributed by atoms with Gasteiger partial charge in [0.15, 0.2) is 0 Å². The molecule has 3 aromatic rings. The Morgan fingerprint density at radius 1 is 1.13 bits per heavy atom. The molecular formula is C22H25FN2O5. The fraction of sp³-hybridized carbons (Fsp3) is 0.364. The van der Waals surface area contributed by atoms with E-state index in [0.29, 0.717) is 28.7 Å². The van der Waals surface area contributed by atoms with Crippen molar-refractivity contribution >= 4 is 17.0 Å². The number of aliphatic hydroxyl groups excluding tert-OH is 1. The van der Waals surface area contributed by atoms with Gasteiger partial charge in [-0.2, -0.15) is 0 Å². The fourth-order valence-corrected chi connectivity index (χ4v) is 3.33. The molecular weight excluding hydrogens is 391 g/mol. The van der Waals surface area contributed by atoms with Gasteiger partial charge in [-0.3, -0.25) is 9.13 Å². The minimum Gasteiger partial charge on any atom is -0.462 e. The van der Waals surface area contributed by atoms with Crippen molar-refractivity contribution < 1.29 is 23.8 Å². The number of hydrogen-bond donors (Lipinski definition) is 1. The molecule has 1 N–H and O–H groups in total. The first-order valence-electron chi connectivity index (χ1n) is 9.85. The predicted octanol–water partition coefficient (Wildman–Crippen LogP) is 2.72. The Kier molecular flexibility index (Phi) is 7.02. The van der Waals surface area contributed by atoms with Crippen LogP contribution in [0.25, 0.3) is 11.0 Å². The first-order valence-corrected chi connectivity index (χ1v) is 9.85. The number of nitrogens with zero attached hydrogens (tertiary/aromatic N) is 2. The van der Waals surface area contributed by atoms with Crippen molar-refractivity contribution in [1.82, 2.24) is 9.13 Å². The first-order chi connectivity index (χ1) is 14.5. The van der Waals surface area contributed by atoms with Crippen molar-refractivity contribution in [3.05, 3.63) is 69.9 Å². The predicted molar refractivity (Wildman–Crippen MR) is 110 cm³/mol. The normalized spacial score (nSPS) is 12.3. The van der Waals surface area contributed by atoms with E-state index in [2.05, 4.69) is 0 Å². The van der Waals surface area contributed by atoms with Gasteiger partial charge in [-0.1, -0.05) is 18.2 Å². The van der Waals surface area contributed by atoms with E-state index in [1.807, 2.05) is 6.92 Å². The van der Waals surface area contributed by atoms with Crippen molar-refractivity contribution in [2.24, 2.45) is 0 Å². The van der Waals surface area contributed by atoms with E-state index in [1.165, 1.54) is 10.6 Å². The number of carbonyl (C=O) groups excluding carboxylic acids is 1. The summed E-state index contributed by atoms with van der Waals surface area (Å²) in [7, 11) is 0. The smallest absolute Gasteiger partial charge is 0.338 e. The summed E-state index contributed by atoms with van der Waals surface area (Å²) < 4.78 is 27.1. The van der Waals surface area contributed by atoms with Gasteiger partial charge in [0.05, 0.1) is 49.1 Å². The summed E-state index contributed by atoms with van der Waals surface area (Å²) in [5, 5.41) is 10.4. The van der Waals surface area contributed by atoms with Gasteiger partial charge in [0, 0.05) is 12.1 Å². The lowest BCUT2D eigenvalue weighted by Gasteiger charge is -2.13. The highest BCUT2D eigenvalue weighted by atomic mass is 19.1. The maximum Gasteiger partial charge on any atom is 0.338 e. The largest absolute Gasteiger partial charge is 0.462 e. The molecule has 0 saturated carbocycles. The summed E-state index contributed by atoms with van der Waals surface area (Å²) in [6.07, 6.45) is -0.989. The molecule has 2 aromatic carbocycles. The summed E-state index contributed by atoms with van der Waals surface area (Å²) in [5.74, 6) is -0.850. The van der Waals surface area contributed by atoms with Crippen LogP contribution in [-0.2, 0) is 29.2 Å². The van der Waals surface area contributed by atoms with Crippen molar-refractivity contribution in [3.8, 4) is 0 Å². The van der Waals surface area contributed by atoms with E-state index in [4.69, 9.17) is 9.47 Å². The molecule has 0 fully saturated rings. The molecule has 1 atom stereocenters. The SMILES string of the molecule is CCOC(=O)c1ccc2c(c1)n(CC(O)COCc1ccccc1F)c(=O)n2CC. The van der Waals surface area contributed by atoms with Crippen LogP contribution in [0.2, 0.25) is 0 Å². The molecule has 0 saturated heterocycles. The number of fused-ring (bicyclic) bond motifs is 1. The lowest BCUT2D eigenvalue weighted by atomic mass is 10.2. The highest BCUT2D eigenvalue weighted by Crippen LogP contribution is 2.17. The van der Waals surface area contributed by atoms with Crippen LogP contribution in [0, 0.1) is 5.82 Å². The maximum atomic E-state index is 13.7. The fourth-order valence-electron chi connectivity index (χ4n) is 3.33. The van der Waals surface area contributed by atoms with Crippen molar-refractivity contribution in [1.29, 1.82) is 0 Å². The van der Waals surface area contributed by atoms with E-state index in [1.54, 1.807) is 47.9 Å². The molecule has 0 bridgehead atoms. The molecule has 1 aromatic heterocycles. The molecule has 3 rings (SSSR count). The zero-order chi connectivity index (χ0) is 21.7. The van der Waals surface area contributed by atoms with Gasteiger partial charge in [0.25, 0.3) is 0 Å². The van der Waals surface area contributed by atoms with Crippen LogP contribution >= 0.6 is 0 Å². The van der Waals surface area contributed by atoms with Crippen LogP contribution in [0.4, 0.5) is 4.39 Å². The van der Waals surface area contributed by atoms with Gasteiger partial charge in [0.1, 0.15) is 5.82 Å². The van der Waals surface area contributed by atoms with Gasteiger partial charge >= 0.3 is 11.7 Å². The van der Waals surface area contributed by atoms with E-state index < -0.39 is 12.1 Å². The molecule has 8 heteroatoms. The summed E-state index contributed by atoms with van der Waals surface area (Å²) in [4.78, 5) is 24.9. The first kappa shape index (κ1) is 21.7. The highest BCUT2D eigenvalue weighted by molar-refractivity contribution is 5.93. The number of aliphatic hydroxyl groups is 1. The van der Waals surface area contributed by atoms with E-state index >= 15 is 0 Å². The topological polar surface area (TPSA) is 82.7 Å². The van der Waals surface area contributed by atoms with Crippen LogP contribution in [0.1, 0.15) is 29.8 Å². The lowest BCUT2D eigenvalue weighted by Crippen LogP contribution is -2.30. The number of carbonyl (C=O) groups is 1. The molecule has 0 amide bonds. The Morgan fingerprint density at radius 3 is 2.60 bits per heavy atom. The van der Waals surface area contributed by atoms with Crippen LogP contribution in [0.15, 0.2) is 47.3 Å². The standard InChI is InChI=1S/C22H25FN2O5/c1-3-24-19-10-9-15(21(27)30-4-2)11-20(19)25(22(24)28)12-17(26)14-29-13-16-7-5-6-8-18(16)23/h5-11,17,26H,3-4,12-14H2,1-2H3. The van der Waals surface area contributed by atoms with Crippen LogP contribution < -0.4 is 5.69 Å². The Morgan fingerprint density at radius 2 is 1.90 bits per heavy atom. The number of hydrogen-bond acceptors (Lipinski definition) is 5. The molecule has 1 heterocycles. The number of aromatic nitrogens is 2. The molecule has 0 spiro atoms. The maximum absolute atomic E-state index is 13.7. The molecule has 0 aliphatic carbocycles. The second-order valence-corrected chi connectivity index (χ2v) is 6.82. The third-order valence-corrected chi connectivity index (χ3v) is 4.77. The third kappa shape index (κ3) is 4.60. The van der Waals surface area contributed by atoms with Gasteiger partial charge in [0.2, 0.25) is 0 Å². The minimum atomic E-state index is -0.989. The second-order valence-electron chi connectivity index (χ2n) is 6.82. The van der Waals surface area contributed by atoms with Crippen molar-refractivity contribution in [2.45, 2.75) is 39.6 Å². The molecule has 0 aliphatic rings. The summed E-state index contributed by atoms with van der Waals surface area (Å²) in [6, 6.07) is 11.2. The average molecular weight is 416 g/mol. The number of esters is 1. The van der Waals surface area contributed by atoms with Crippen molar-refractivity contribution in [2.75, 3.05) is 13.2 Å². The van der Waals surface area contributed by atoms with Gasteiger partial charge < -0.3 is 14.6 Å². The van der Waals surface area contributed by atoms with Crippen molar-refractivity contribution in [3.63, 3.8) is 0 Å². The molecule has 160 valence electrons. The van der Waals surface area contributed by atoms with E-state index in [0.717, 1.165) is 0 Å². The van der Waals surface area contributed by atoms with Crippen LogP contribution in [0.3, 0.4) is 0 Å². The number of ether oxygens (including phenoxy) is 2. The monoisotopic (exact) mass is 416 g/mol. The second kappa shape index (κ2) is 9.69. The highest BCUT2D eigenvalue weighted by Gasteiger charge is 2.18. The van der Waals surface area contributed by atoms with Crippen LogP contribution in [0.5, 0.6) is 0 Å². The minimum absolute atomic E-state index is 0.0162. The van der Waals surface area contributed by atoms with Gasteiger partial charge in [-0.05, 0) is 38.1 Å². The summed E-state index contributed by atoms with van der Waals surface area (Å²) in [6.45, 7) is 4.18. The molecule has 0 radical (unpaired) electrons. The Hall–Kier alpha value is -2.97. The van der Waals surface area contributed by atoms with E-state index in [-0.39, 0.29) is 37.9 Å². The lowest BCUT2D eigenvalue weighted by molar-refractivity contribution is 0.0195. The Balaban J connectivity index is 1.79. The molecule has 30 heavy (non-hydrogen) atoms. The Labute approximate surface area is 173 Å². The Bertz CT molecular complexity index is 1090. The molecule has 1 unspecified atom stereocenters. The summed E-state index contributed by atoms with van der Waals surface area (Å²) >= 11 is 0. The zero-order valence-corrected chi connectivity index (χ0v) is 17.0. The number of aryl methyl sites for hydroxylation is 1. The van der Waals surface area contributed by atoms with Crippen LogP contribution in [-0.4, -0.2) is 39.5 Å². The average Bonchev–Trinajstić information content (AvgIpc) is 2.99. The molecule has 0 aliphatic heterocycles. The number of halogens is 1. The molecule has 7 nitrogen and oxygen atoms in total. The zero-order valence-electron chi connectivity index (χ0n) is 17.0. The quantitative estimate of drug-likeness (QED) is 0.543. The van der Waals surface area contributed by atoms with Gasteiger partial charge in [-0.15, -0.1) is 0 Å². The summed E-state index contributed by atoms with van der Waals surface area (Å²) in [5.41, 5.74) is 1.62.